The molecule has 0 spiro atoms. The Bertz CT molecular complexity index is 568. The quantitative estimate of drug-likeness (QED) is 0.629. The van der Waals surface area contributed by atoms with Crippen molar-refractivity contribution < 1.29 is 14.3 Å². The third kappa shape index (κ3) is 5.66. The van der Waals surface area contributed by atoms with Gasteiger partial charge in [-0.2, -0.15) is 0 Å². The van der Waals surface area contributed by atoms with Crippen molar-refractivity contribution in [1.82, 2.24) is 5.32 Å². The number of carbonyl (C=O) groups excluding carboxylic acids is 2. The molecule has 1 saturated carbocycles. The number of benzene rings is 1. The highest BCUT2D eigenvalue weighted by Gasteiger charge is 2.34. The molecule has 1 fully saturated rings. The number of carbonyl (C=O) groups is 2. The second-order valence-corrected chi connectivity index (χ2v) is 6.80. The van der Waals surface area contributed by atoms with Crippen molar-refractivity contribution in [3.8, 4) is 5.75 Å². The van der Waals surface area contributed by atoms with E-state index in [-0.39, 0.29) is 17.9 Å². The molecule has 0 bridgehead atoms. The van der Waals surface area contributed by atoms with E-state index in [4.69, 9.17) is 10.5 Å². The first kappa shape index (κ1) is 19.1. The van der Waals surface area contributed by atoms with Gasteiger partial charge in [-0.1, -0.05) is 19.3 Å². The van der Waals surface area contributed by atoms with Gasteiger partial charge in [0.25, 0.3) is 0 Å². The molecule has 25 heavy (non-hydrogen) atoms. The number of hydrogen-bond acceptors (Lipinski definition) is 4. The van der Waals surface area contributed by atoms with E-state index in [1.807, 2.05) is 31.2 Å². The minimum Gasteiger partial charge on any atom is -0.497 e. The van der Waals surface area contributed by atoms with Crippen molar-refractivity contribution in [2.45, 2.75) is 45.1 Å². The van der Waals surface area contributed by atoms with Crippen LogP contribution in [0.3, 0.4) is 0 Å². The summed E-state index contributed by atoms with van der Waals surface area (Å²) in [7, 11) is 1.63. The lowest BCUT2D eigenvalue weighted by Gasteiger charge is -2.28. The average Bonchev–Trinajstić information content (AvgIpc) is 2.61. The first-order valence-electron chi connectivity index (χ1n) is 8.99. The summed E-state index contributed by atoms with van der Waals surface area (Å²) in [5, 5.41) is 6.19. The van der Waals surface area contributed by atoms with Crippen LogP contribution in [0, 0.1) is 11.8 Å². The third-order valence-electron chi connectivity index (χ3n) is 4.80. The lowest BCUT2D eigenvalue weighted by Crippen LogP contribution is -2.47. The predicted octanol–water partition coefficient (Wildman–Crippen LogP) is 2.29. The smallest absolute Gasteiger partial charge is 0.233 e. The lowest BCUT2D eigenvalue weighted by molar-refractivity contribution is -0.136. The molecule has 0 aromatic heterocycles. The Hall–Kier alpha value is -2.24. The van der Waals surface area contributed by atoms with Crippen LogP contribution in [-0.2, 0) is 9.59 Å². The third-order valence-corrected chi connectivity index (χ3v) is 4.80. The van der Waals surface area contributed by atoms with E-state index in [1.165, 1.54) is 6.42 Å². The summed E-state index contributed by atoms with van der Waals surface area (Å²) in [4.78, 5) is 24.3. The van der Waals surface area contributed by atoms with E-state index in [2.05, 4.69) is 10.6 Å². The number of anilines is 1. The molecule has 1 unspecified atom stereocenters. The first-order valence-corrected chi connectivity index (χ1v) is 8.99. The normalized spacial score (nSPS) is 17.4. The van der Waals surface area contributed by atoms with E-state index in [0.717, 1.165) is 37.1 Å². The molecular formula is C19H29N3O3. The zero-order valence-electron chi connectivity index (χ0n) is 15.1. The fraction of sp³-hybridized carbons (Fsp3) is 0.579. The van der Waals surface area contributed by atoms with Crippen LogP contribution in [0.5, 0.6) is 5.75 Å². The van der Waals surface area contributed by atoms with E-state index in [1.54, 1.807) is 7.11 Å². The minimum absolute atomic E-state index is 0.0768. The molecule has 1 aliphatic rings. The van der Waals surface area contributed by atoms with Crippen LogP contribution in [-0.4, -0.2) is 31.5 Å². The summed E-state index contributed by atoms with van der Waals surface area (Å²) in [5.74, 6) is -0.608. The standard InChI is InChI=1S/C19H29N3O3/c1-13(12-21-15-8-10-16(25-2)11-9-15)22-19(24)17(18(20)23)14-6-4-3-5-7-14/h8-11,13-14,17,21H,3-7,12H2,1-2H3,(H2,20,23)(H,22,24)/t13-,17?/m0/s1. The number of ether oxygens (including phenoxy) is 1. The number of nitrogens with one attached hydrogen (secondary N) is 2. The molecule has 6 heteroatoms. The van der Waals surface area contributed by atoms with Crippen molar-refractivity contribution in [3.63, 3.8) is 0 Å². The summed E-state index contributed by atoms with van der Waals surface area (Å²) in [6.45, 7) is 2.47. The summed E-state index contributed by atoms with van der Waals surface area (Å²) < 4.78 is 5.13. The Morgan fingerprint density at radius 3 is 2.40 bits per heavy atom. The van der Waals surface area contributed by atoms with Crippen LogP contribution in [0.15, 0.2) is 24.3 Å². The van der Waals surface area contributed by atoms with Gasteiger partial charge < -0.3 is 21.1 Å². The first-order chi connectivity index (χ1) is 12.0. The summed E-state index contributed by atoms with van der Waals surface area (Å²) in [5.41, 5.74) is 6.45. The van der Waals surface area contributed by atoms with Crippen molar-refractivity contribution in [3.05, 3.63) is 24.3 Å². The number of rotatable bonds is 8. The molecule has 1 aliphatic carbocycles. The second kappa shape index (κ2) is 9.30. The van der Waals surface area contributed by atoms with Crippen molar-refractivity contribution in [2.75, 3.05) is 19.0 Å². The van der Waals surface area contributed by atoms with Gasteiger partial charge in [0.05, 0.1) is 7.11 Å². The Labute approximate surface area is 149 Å². The maximum Gasteiger partial charge on any atom is 0.233 e. The van der Waals surface area contributed by atoms with Gasteiger partial charge in [0.2, 0.25) is 11.8 Å². The van der Waals surface area contributed by atoms with Gasteiger partial charge in [-0.3, -0.25) is 9.59 Å². The summed E-state index contributed by atoms with van der Waals surface area (Å²) in [6.07, 6.45) is 5.11. The van der Waals surface area contributed by atoms with E-state index in [9.17, 15) is 9.59 Å². The highest BCUT2D eigenvalue weighted by molar-refractivity contribution is 6.00. The summed E-state index contributed by atoms with van der Waals surface area (Å²) >= 11 is 0. The van der Waals surface area contributed by atoms with Gasteiger partial charge in [0.15, 0.2) is 0 Å². The largest absolute Gasteiger partial charge is 0.497 e. The molecule has 4 N–H and O–H groups in total. The van der Waals surface area contributed by atoms with Gasteiger partial charge in [-0.25, -0.2) is 0 Å². The van der Waals surface area contributed by atoms with Crippen LogP contribution >= 0.6 is 0 Å². The number of amides is 2. The van der Waals surface area contributed by atoms with Gasteiger partial charge in [0, 0.05) is 18.3 Å². The molecule has 2 amide bonds. The fourth-order valence-electron chi connectivity index (χ4n) is 3.41. The molecule has 0 heterocycles. The van der Waals surface area contributed by atoms with Crippen LogP contribution in [0.25, 0.3) is 0 Å². The number of primary amides is 1. The highest BCUT2D eigenvalue weighted by Crippen LogP contribution is 2.30. The molecule has 1 aromatic rings. The van der Waals surface area contributed by atoms with Gasteiger partial charge in [0.1, 0.15) is 11.7 Å². The van der Waals surface area contributed by atoms with Crippen molar-refractivity contribution in [1.29, 1.82) is 0 Å². The molecule has 2 rings (SSSR count). The molecule has 138 valence electrons. The van der Waals surface area contributed by atoms with Crippen LogP contribution in [0.1, 0.15) is 39.0 Å². The minimum atomic E-state index is -0.719. The van der Waals surface area contributed by atoms with Crippen LogP contribution < -0.4 is 21.1 Å². The monoisotopic (exact) mass is 347 g/mol. The maximum absolute atomic E-state index is 12.5. The number of hydrogen-bond donors (Lipinski definition) is 3. The Morgan fingerprint density at radius 2 is 1.84 bits per heavy atom. The topological polar surface area (TPSA) is 93.4 Å². The van der Waals surface area contributed by atoms with Crippen molar-refractivity contribution in [2.24, 2.45) is 17.6 Å². The predicted molar refractivity (Wildman–Crippen MR) is 98.3 cm³/mol. The molecule has 0 saturated heterocycles. The SMILES string of the molecule is COc1ccc(NC[C@H](C)NC(=O)C(C(N)=O)C2CCCCC2)cc1. The zero-order chi connectivity index (χ0) is 18.2. The Balaban J connectivity index is 1.85. The molecule has 0 aliphatic heterocycles. The Kier molecular flexibility index (Phi) is 7.10. The van der Waals surface area contributed by atoms with Gasteiger partial charge >= 0.3 is 0 Å². The fourth-order valence-corrected chi connectivity index (χ4v) is 3.41. The number of nitrogens with two attached hydrogens (primary N) is 1. The zero-order valence-corrected chi connectivity index (χ0v) is 15.1. The van der Waals surface area contributed by atoms with Crippen molar-refractivity contribution >= 4 is 17.5 Å². The average molecular weight is 347 g/mol. The molecular weight excluding hydrogens is 318 g/mol. The van der Waals surface area contributed by atoms with E-state index < -0.39 is 11.8 Å². The van der Waals surface area contributed by atoms with Crippen LogP contribution in [0.2, 0.25) is 0 Å². The van der Waals surface area contributed by atoms with Gasteiger partial charge in [-0.05, 0) is 49.9 Å². The maximum atomic E-state index is 12.5. The van der Waals surface area contributed by atoms with E-state index >= 15 is 0 Å². The van der Waals surface area contributed by atoms with Crippen LogP contribution in [0.4, 0.5) is 5.69 Å². The highest BCUT2D eigenvalue weighted by atomic mass is 16.5. The molecule has 1 aromatic carbocycles. The van der Waals surface area contributed by atoms with E-state index in [0.29, 0.717) is 6.54 Å². The molecule has 6 nitrogen and oxygen atoms in total. The second-order valence-electron chi connectivity index (χ2n) is 6.80. The summed E-state index contributed by atoms with van der Waals surface area (Å²) in [6, 6.07) is 7.47. The molecule has 2 atom stereocenters. The Morgan fingerprint density at radius 1 is 1.20 bits per heavy atom. The lowest BCUT2D eigenvalue weighted by atomic mass is 9.79. The molecule has 0 radical (unpaired) electrons. The number of methoxy groups -OCH3 is 1. The van der Waals surface area contributed by atoms with Gasteiger partial charge in [-0.15, -0.1) is 0 Å².